The molecule has 25 heavy (non-hydrogen) atoms. The second kappa shape index (κ2) is 6.67. The van der Waals surface area contributed by atoms with Crippen molar-refractivity contribution >= 4 is 29.4 Å². The molecule has 1 aliphatic heterocycles. The van der Waals surface area contributed by atoms with Crippen molar-refractivity contribution in [2.24, 2.45) is 0 Å². The molecular formula is C18H22ClNO5. The van der Waals surface area contributed by atoms with Crippen LogP contribution < -0.4 is 0 Å². The first-order chi connectivity index (χ1) is 11.5. The number of likely N-dealkylation sites (tertiary alicyclic amines) is 1. The van der Waals surface area contributed by atoms with E-state index >= 15 is 0 Å². The summed E-state index contributed by atoms with van der Waals surface area (Å²) in [6.07, 6.45) is -0.740. The van der Waals surface area contributed by atoms with E-state index in [-0.39, 0.29) is 18.7 Å². The molecule has 0 aromatic heterocycles. The zero-order valence-corrected chi connectivity index (χ0v) is 15.5. The van der Waals surface area contributed by atoms with Gasteiger partial charge in [-0.2, -0.15) is 0 Å². The fourth-order valence-electron chi connectivity index (χ4n) is 3.08. The summed E-state index contributed by atoms with van der Waals surface area (Å²) < 4.78 is 5.32. The molecule has 7 heteroatoms. The van der Waals surface area contributed by atoms with Gasteiger partial charge in [-0.15, -0.1) is 0 Å². The molecule has 1 fully saturated rings. The van der Waals surface area contributed by atoms with E-state index in [9.17, 15) is 19.5 Å². The maximum atomic E-state index is 12.5. The molecule has 6 nitrogen and oxygen atoms in total. The Morgan fingerprint density at radius 2 is 1.80 bits per heavy atom. The number of carbonyl (C=O) groups is 3. The number of aliphatic carboxylic acids is 1. The molecule has 0 radical (unpaired) electrons. The Morgan fingerprint density at radius 3 is 2.24 bits per heavy atom. The number of nitrogens with zero attached hydrogens (tertiary/aromatic N) is 1. The normalized spacial score (nSPS) is 23.4. The molecule has 1 amide bonds. The van der Waals surface area contributed by atoms with E-state index in [0.29, 0.717) is 10.6 Å². The van der Waals surface area contributed by atoms with Crippen LogP contribution in [-0.4, -0.2) is 46.0 Å². The number of ether oxygens (including phenoxy) is 1. The molecule has 1 aromatic rings. The molecule has 0 saturated carbocycles. The summed E-state index contributed by atoms with van der Waals surface area (Å²) in [5.74, 6) is -1.37. The molecule has 136 valence electrons. The van der Waals surface area contributed by atoms with Gasteiger partial charge < -0.3 is 9.84 Å². The van der Waals surface area contributed by atoms with Crippen LogP contribution in [-0.2, 0) is 19.7 Å². The zero-order chi connectivity index (χ0) is 19.0. The maximum Gasteiger partial charge on any atom is 0.411 e. The highest BCUT2D eigenvalue weighted by Gasteiger charge is 2.53. The van der Waals surface area contributed by atoms with E-state index in [1.54, 1.807) is 45.0 Å². The van der Waals surface area contributed by atoms with Crippen LogP contribution in [0.4, 0.5) is 4.79 Å². The SMILES string of the molecule is CC(=O)[C@@]1(c2ccc(Cl)cc2)CC(C(=O)O)N(C(=O)OC(C)(C)C)C1. The Morgan fingerprint density at radius 1 is 1.24 bits per heavy atom. The number of hydrogen-bond acceptors (Lipinski definition) is 4. The highest BCUT2D eigenvalue weighted by Crippen LogP contribution is 2.40. The molecule has 0 spiro atoms. The molecule has 1 N–H and O–H groups in total. The fourth-order valence-corrected chi connectivity index (χ4v) is 3.20. The largest absolute Gasteiger partial charge is 0.480 e. The fraction of sp³-hybridized carbons (Fsp3) is 0.500. The van der Waals surface area contributed by atoms with Crippen molar-refractivity contribution in [3.8, 4) is 0 Å². The number of carbonyl (C=O) groups excluding carboxylic acids is 2. The lowest BCUT2D eigenvalue weighted by molar-refractivity contribution is -0.142. The predicted octanol–water partition coefficient (Wildman–Crippen LogP) is 3.26. The lowest BCUT2D eigenvalue weighted by Gasteiger charge is -2.29. The second-order valence-corrected chi connectivity index (χ2v) is 7.75. The molecule has 2 atom stereocenters. The Balaban J connectivity index is 2.44. The predicted molar refractivity (Wildman–Crippen MR) is 92.8 cm³/mol. The standard InChI is InChI=1S/C18H22ClNO5/c1-11(21)18(12-5-7-13(19)8-6-12)9-14(15(22)23)20(10-18)16(24)25-17(2,3)4/h5-8,14H,9-10H2,1-4H3,(H,22,23)/t14?,18-/m1/s1. The van der Waals surface area contributed by atoms with Gasteiger partial charge in [0.2, 0.25) is 0 Å². The molecule has 1 aliphatic rings. The number of benzene rings is 1. The molecule has 1 aromatic carbocycles. The maximum absolute atomic E-state index is 12.5. The minimum Gasteiger partial charge on any atom is -0.480 e. The van der Waals surface area contributed by atoms with Gasteiger partial charge in [-0.3, -0.25) is 9.69 Å². The number of halogens is 1. The summed E-state index contributed by atoms with van der Waals surface area (Å²) in [6, 6.07) is 5.55. The summed E-state index contributed by atoms with van der Waals surface area (Å²) in [7, 11) is 0. The Bertz CT molecular complexity index is 694. The number of ketones is 1. The molecule has 0 aliphatic carbocycles. The Labute approximate surface area is 151 Å². The van der Waals surface area contributed by atoms with Gasteiger partial charge in [0.05, 0.1) is 5.41 Å². The van der Waals surface area contributed by atoms with E-state index in [0.717, 1.165) is 4.90 Å². The van der Waals surface area contributed by atoms with Gasteiger partial charge in [0.15, 0.2) is 0 Å². The van der Waals surface area contributed by atoms with Crippen LogP contribution in [0, 0.1) is 0 Å². The smallest absolute Gasteiger partial charge is 0.411 e. The van der Waals surface area contributed by atoms with Crippen LogP contribution in [0.25, 0.3) is 0 Å². The van der Waals surface area contributed by atoms with Crippen LogP contribution in [0.1, 0.15) is 39.7 Å². The molecule has 2 rings (SSSR count). The summed E-state index contributed by atoms with van der Waals surface area (Å²) in [5, 5.41) is 10.1. The quantitative estimate of drug-likeness (QED) is 0.886. The molecular weight excluding hydrogens is 346 g/mol. The monoisotopic (exact) mass is 367 g/mol. The second-order valence-electron chi connectivity index (χ2n) is 7.31. The Kier molecular flexibility index (Phi) is 5.14. The molecule has 1 unspecified atom stereocenters. The van der Waals surface area contributed by atoms with Crippen molar-refractivity contribution in [2.45, 2.75) is 51.2 Å². The third-order valence-electron chi connectivity index (χ3n) is 4.34. The lowest BCUT2D eigenvalue weighted by Crippen LogP contribution is -2.44. The van der Waals surface area contributed by atoms with Crippen LogP contribution in [0.5, 0.6) is 0 Å². The average molecular weight is 368 g/mol. The van der Waals surface area contributed by atoms with Crippen molar-refractivity contribution in [3.05, 3.63) is 34.9 Å². The van der Waals surface area contributed by atoms with Gasteiger partial charge in [0.1, 0.15) is 17.4 Å². The topological polar surface area (TPSA) is 83.9 Å². The van der Waals surface area contributed by atoms with Crippen LogP contribution in [0.2, 0.25) is 5.02 Å². The van der Waals surface area contributed by atoms with Crippen LogP contribution in [0.15, 0.2) is 24.3 Å². The first-order valence-corrected chi connectivity index (χ1v) is 8.33. The summed E-state index contributed by atoms with van der Waals surface area (Å²) in [6.45, 7) is 6.47. The van der Waals surface area contributed by atoms with Crippen molar-refractivity contribution in [1.82, 2.24) is 4.90 Å². The third-order valence-corrected chi connectivity index (χ3v) is 4.59. The van der Waals surface area contributed by atoms with Gasteiger partial charge in [-0.05, 0) is 51.8 Å². The van der Waals surface area contributed by atoms with Crippen molar-refractivity contribution in [3.63, 3.8) is 0 Å². The zero-order valence-electron chi connectivity index (χ0n) is 14.7. The number of carboxylic acid groups (broad SMARTS) is 1. The number of carboxylic acids is 1. The highest BCUT2D eigenvalue weighted by atomic mass is 35.5. The first kappa shape index (κ1) is 19.2. The number of amides is 1. The van der Waals surface area contributed by atoms with E-state index in [1.807, 2.05) is 0 Å². The average Bonchev–Trinajstić information content (AvgIpc) is 2.88. The summed E-state index contributed by atoms with van der Waals surface area (Å²) in [5.41, 5.74) is -1.21. The number of hydrogen-bond donors (Lipinski definition) is 1. The van der Waals surface area contributed by atoms with Crippen LogP contribution in [0.3, 0.4) is 0 Å². The first-order valence-electron chi connectivity index (χ1n) is 7.96. The summed E-state index contributed by atoms with van der Waals surface area (Å²) in [4.78, 5) is 37.8. The number of rotatable bonds is 3. The van der Waals surface area contributed by atoms with E-state index in [4.69, 9.17) is 16.3 Å². The summed E-state index contributed by atoms with van der Waals surface area (Å²) >= 11 is 5.91. The Hall–Kier alpha value is -2.08. The van der Waals surface area contributed by atoms with E-state index < -0.39 is 29.1 Å². The molecule has 1 heterocycles. The van der Waals surface area contributed by atoms with E-state index in [2.05, 4.69) is 0 Å². The van der Waals surface area contributed by atoms with Gasteiger partial charge in [-0.25, -0.2) is 9.59 Å². The third kappa shape index (κ3) is 3.95. The van der Waals surface area contributed by atoms with Crippen molar-refractivity contribution in [2.75, 3.05) is 6.54 Å². The van der Waals surface area contributed by atoms with Gasteiger partial charge >= 0.3 is 12.1 Å². The molecule has 0 bridgehead atoms. The van der Waals surface area contributed by atoms with E-state index in [1.165, 1.54) is 6.92 Å². The van der Waals surface area contributed by atoms with Gasteiger partial charge in [0.25, 0.3) is 0 Å². The highest BCUT2D eigenvalue weighted by molar-refractivity contribution is 6.30. The minimum atomic E-state index is -1.16. The lowest BCUT2D eigenvalue weighted by atomic mass is 9.75. The van der Waals surface area contributed by atoms with Crippen molar-refractivity contribution in [1.29, 1.82) is 0 Å². The van der Waals surface area contributed by atoms with Gasteiger partial charge in [-0.1, -0.05) is 23.7 Å². The van der Waals surface area contributed by atoms with Crippen molar-refractivity contribution < 1.29 is 24.2 Å². The number of Topliss-reactive ketones (excluding diaryl/α,β-unsaturated/α-hetero) is 1. The minimum absolute atomic E-state index is 0.00145. The van der Waals surface area contributed by atoms with Crippen LogP contribution >= 0.6 is 11.6 Å². The molecule has 1 saturated heterocycles. The van der Waals surface area contributed by atoms with Gasteiger partial charge in [0, 0.05) is 11.6 Å².